The van der Waals surface area contributed by atoms with E-state index in [2.05, 4.69) is 25.5 Å². The first kappa shape index (κ1) is 20.0. The zero-order valence-corrected chi connectivity index (χ0v) is 17.3. The average Bonchev–Trinajstić information content (AvgIpc) is 3.43. The highest BCUT2D eigenvalue weighted by Gasteiger charge is 2.18. The number of carbonyl (C=O) groups excluding carboxylic acids is 1. The van der Waals surface area contributed by atoms with Crippen LogP contribution >= 0.6 is 0 Å². The molecule has 162 valence electrons. The van der Waals surface area contributed by atoms with Crippen LogP contribution in [0, 0.1) is 17.0 Å². The molecule has 5 rings (SSSR count). The lowest BCUT2D eigenvalue weighted by molar-refractivity contribution is -0.384. The van der Waals surface area contributed by atoms with Gasteiger partial charge in [0, 0.05) is 23.8 Å². The molecule has 0 saturated carbocycles. The Bertz CT molecular complexity index is 1490. The fraction of sp³-hybridized carbons (Fsp3) is 0.0455. The van der Waals surface area contributed by atoms with E-state index in [1.165, 1.54) is 35.3 Å². The molecular formula is C22H16N8O3. The van der Waals surface area contributed by atoms with Crippen molar-refractivity contribution in [3.05, 3.63) is 94.6 Å². The Morgan fingerprint density at radius 1 is 1.03 bits per heavy atom. The quantitative estimate of drug-likeness (QED) is 0.327. The van der Waals surface area contributed by atoms with Crippen LogP contribution in [0.1, 0.15) is 16.1 Å². The molecule has 33 heavy (non-hydrogen) atoms. The standard InChI is InChI=1S/C22H16N8O3/c1-14-11-19(26-22(31)15-7-9-17(10-8-15)30(32)33)29(27-14)21-18-12-25-28(20(18)23-13-24-21)16-5-3-2-4-6-16/h2-13H,1H3,(H,26,31). The predicted octanol–water partition coefficient (Wildman–Crippen LogP) is 3.47. The van der Waals surface area contributed by atoms with E-state index in [4.69, 9.17) is 0 Å². The van der Waals surface area contributed by atoms with E-state index < -0.39 is 10.8 Å². The normalized spacial score (nSPS) is 10.9. The number of benzene rings is 2. The molecule has 11 nitrogen and oxygen atoms in total. The van der Waals surface area contributed by atoms with Crippen molar-refractivity contribution >= 4 is 28.4 Å². The van der Waals surface area contributed by atoms with Crippen molar-refractivity contribution in [2.45, 2.75) is 6.92 Å². The number of nitro benzene ring substituents is 1. The Morgan fingerprint density at radius 3 is 2.52 bits per heavy atom. The number of carbonyl (C=O) groups is 1. The number of fused-ring (bicyclic) bond motifs is 1. The van der Waals surface area contributed by atoms with E-state index in [0.29, 0.717) is 28.4 Å². The van der Waals surface area contributed by atoms with Crippen molar-refractivity contribution < 1.29 is 9.72 Å². The number of hydrogen-bond donors (Lipinski definition) is 1. The van der Waals surface area contributed by atoms with Gasteiger partial charge in [-0.2, -0.15) is 14.9 Å². The molecule has 5 aromatic rings. The van der Waals surface area contributed by atoms with Crippen molar-refractivity contribution in [2.24, 2.45) is 0 Å². The van der Waals surface area contributed by atoms with Gasteiger partial charge in [0.15, 0.2) is 11.5 Å². The van der Waals surface area contributed by atoms with Gasteiger partial charge in [-0.25, -0.2) is 14.6 Å². The Balaban J connectivity index is 1.52. The smallest absolute Gasteiger partial charge is 0.269 e. The van der Waals surface area contributed by atoms with Crippen molar-refractivity contribution in [1.29, 1.82) is 0 Å². The minimum absolute atomic E-state index is 0.0914. The number of amides is 1. The third kappa shape index (κ3) is 3.67. The van der Waals surface area contributed by atoms with Crippen LogP contribution in [-0.4, -0.2) is 40.4 Å². The number of non-ortho nitro benzene ring substituents is 1. The number of nitrogens with one attached hydrogen (secondary N) is 1. The van der Waals surface area contributed by atoms with Crippen molar-refractivity contribution in [3.8, 4) is 11.5 Å². The second-order valence-electron chi connectivity index (χ2n) is 7.17. The maximum atomic E-state index is 12.8. The van der Waals surface area contributed by atoms with Crippen LogP contribution in [0.2, 0.25) is 0 Å². The van der Waals surface area contributed by atoms with E-state index in [1.54, 1.807) is 23.9 Å². The number of hydrogen-bond acceptors (Lipinski definition) is 7. The van der Waals surface area contributed by atoms with Crippen molar-refractivity contribution in [3.63, 3.8) is 0 Å². The molecule has 3 aromatic heterocycles. The van der Waals surface area contributed by atoms with Crippen molar-refractivity contribution in [2.75, 3.05) is 5.32 Å². The van der Waals surface area contributed by atoms with E-state index in [-0.39, 0.29) is 11.3 Å². The lowest BCUT2D eigenvalue weighted by atomic mass is 10.2. The summed E-state index contributed by atoms with van der Waals surface area (Å²) in [5, 5.41) is 23.2. The molecule has 1 amide bonds. The zero-order valence-electron chi connectivity index (χ0n) is 17.3. The van der Waals surface area contributed by atoms with Gasteiger partial charge in [0.2, 0.25) is 0 Å². The largest absolute Gasteiger partial charge is 0.306 e. The first-order chi connectivity index (χ1) is 16.0. The van der Waals surface area contributed by atoms with E-state index in [0.717, 1.165) is 5.69 Å². The maximum Gasteiger partial charge on any atom is 0.269 e. The van der Waals surface area contributed by atoms with Crippen LogP contribution in [0.25, 0.3) is 22.5 Å². The van der Waals surface area contributed by atoms with Crippen LogP contribution in [-0.2, 0) is 0 Å². The number of para-hydroxylation sites is 1. The summed E-state index contributed by atoms with van der Waals surface area (Å²) in [5.41, 5.74) is 2.28. The molecule has 0 bridgehead atoms. The Kier molecular flexibility index (Phi) is 4.83. The predicted molar refractivity (Wildman–Crippen MR) is 120 cm³/mol. The molecule has 0 radical (unpaired) electrons. The highest BCUT2D eigenvalue weighted by molar-refractivity contribution is 6.04. The second kappa shape index (κ2) is 7.96. The third-order valence-corrected chi connectivity index (χ3v) is 4.96. The molecule has 0 spiro atoms. The van der Waals surface area contributed by atoms with Gasteiger partial charge in [0.05, 0.1) is 27.9 Å². The summed E-state index contributed by atoms with van der Waals surface area (Å²) >= 11 is 0. The fourth-order valence-corrected chi connectivity index (χ4v) is 3.43. The minimum atomic E-state index is -0.518. The van der Waals surface area contributed by atoms with E-state index in [1.807, 2.05) is 30.3 Å². The Labute approximate surface area is 186 Å². The molecule has 0 fully saturated rings. The highest BCUT2D eigenvalue weighted by atomic mass is 16.6. The molecule has 0 aliphatic carbocycles. The highest BCUT2D eigenvalue weighted by Crippen LogP contribution is 2.24. The molecule has 0 aliphatic heterocycles. The topological polar surface area (TPSA) is 134 Å². The molecule has 0 atom stereocenters. The third-order valence-electron chi connectivity index (χ3n) is 4.96. The van der Waals surface area contributed by atoms with Gasteiger partial charge >= 0.3 is 0 Å². The van der Waals surface area contributed by atoms with Gasteiger partial charge in [-0.15, -0.1) is 0 Å². The lowest BCUT2D eigenvalue weighted by Crippen LogP contribution is -2.15. The van der Waals surface area contributed by atoms with Crippen LogP contribution in [0.5, 0.6) is 0 Å². The molecule has 2 aromatic carbocycles. The number of aromatic nitrogens is 6. The molecule has 0 aliphatic rings. The van der Waals surface area contributed by atoms with Gasteiger partial charge in [-0.1, -0.05) is 18.2 Å². The molecule has 0 saturated heterocycles. The van der Waals surface area contributed by atoms with Gasteiger partial charge in [0.25, 0.3) is 11.6 Å². The first-order valence-corrected chi connectivity index (χ1v) is 9.88. The number of aryl methyl sites for hydroxylation is 1. The maximum absolute atomic E-state index is 12.8. The van der Waals surface area contributed by atoms with Gasteiger partial charge in [-0.3, -0.25) is 14.9 Å². The summed E-state index contributed by atoms with van der Waals surface area (Å²) in [6.07, 6.45) is 3.06. The molecule has 3 heterocycles. The van der Waals surface area contributed by atoms with Crippen LogP contribution in [0.3, 0.4) is 0 Å². The summed E-state index contributed by atoms with van der Waals surface area (Å²) in [6, 6.07) is 16.6. The summed E-state index contributed by atoms with van der Waals surface area (Å²) in [6.45, 7) is 1.80. The SMILES string of the molecule is Cc1cc(NC(=O)c2ccc([N+](=O)[O-])cc2)n(-c2ncnc3c2cnn3-c2ccccc2)n1. The summed E-state index contributed by atoms with van der Waals surface area (Å²) < 4.78 is 3.21. The number of rotatable bonds is 5. The average molecular weight is 440 g/mol. The zero-order chi connectivity index (χ0) is 22.9. The van der Waals surface area contributed by atoms with Crippen LogP contribution < -0.4 is 5.32 Å². The number of nitro groups is 1. The van der Waals surface area contributed by atoms with Crippen LogP contribution in [0.15, 0.2) is 73.2 Å². The molecule has 1 N–H and O–H groups in total. The fourth-order valence-electron chi connectivity index (χ4n) is 3.43. The summed E-state index contributed by atoms with van der Waals surface area (Å²) in [4.78, 5) is 31.9. The van der Waals surface area contributed by atoms with E-state index in [9.17, 15) is 14.9 Å². The van der Waals surface area contributed by atoms with Crippen molar-refractivity contribution in [1.82, 2.24) is 29.5 Å². The van der Waals surface area contributed by atoms with E-state index >= 15 is 0 Å². The Hall–Kier alpha value is -4.93. The Morgan fingerprint density at radius 2 is 1.79 bits per heavy atom. The second-order valence-corrected chi connectivity index (χ2v) is 7.17. The molecule has 0 unspecified atom stereocenters. The minimum Gasteiger partial charge on any atom is -0.306 e. The lowest BCUT2D eigenvalue weighted by Gasteiger charge is -2.09. The summed E-state index contributed by atoms with van der Waals surface area (Å²) in [5.74, 6) is 0.411. The monoisotopic (exact) mass is 440 g/mol. The summed E-state index contributed by atoms with van der Waals surface area (Å²) in [7, 11) is 0. The molecule has 11 heteroatoms. The number of nitrogens with zero attached hydrogens (tertiary/aromatic N) is 7. The van der Waals surface area contributed by atoms with Gasteiger partial charge < -0.3 is 5.32 Å². The first-order valence-electron chi connectivity index (χ1n) is 9.88. The van der Waals surface area contributed by atoms with Gasteiger partial charge in [0.1, 0.15) is 12.1 Å². The molecular weight excluding hydrogens is 424 g/mol. The van der Waals surface area contributed by atoms with Crippen LogP contribution in [0.4, 0.5) is 11.5 Å². The van der Waals surface area contributed by atoms with Gasteiger partial charge in [-0.05, 0) is 31.2 Å². The number of anilines is 1.